The molecule has 0 atom stereocenters. The monoisotopic (exact) mass is 276 g/mol. The van der Waals surface area contributed by atoms with Gasteiger partial charge < -0.3 is 25.3 Å². The largest absolute Gasteiger partial charge is 0.504 e. The molecule has 0 spiro atoms. The van der Waals surface area contributed by atoms with Crippen LogP contribution in [0.15, 0.2) is 18.2 Å². The van der Waals surface area contributed by atoms with Crippen LogP contribution in [0, 0.1) is 6.92 Å². The molecule has 0 saturated carbocycles. The quantitative estimate of drug-likeness (QED) is 0.796. The van der Waals surface area contributed by atoms with E-state index in [4.69, 9.17) is 10.5 Å². The van der Waals surface area contributed by atoms with Crippen molar-refractivity contribution in [3.05, 3.63) is 29.5 Å². The van der Waals surface area contributed by atoms with Gasteiger partial charge in [-0.1, -0.05) is 0 Å². The molecule has 6 heteroatoms. The lowest BCUT2D eigenvalue weighted by molar-refractivity contribution is 0.0697. The van der Waals surface area contributed by atoms with Gasteiger partial charge in [0.1, 0.15) is 5.56 Å². The second-order valence-electron chi connectivity index (χ2n) is 4.47. The number of nitrogens with zero attached hydrogens (tertiary/aromatic N) is 1. The van der Waals surface area contributed by atoms with Crippen molar-refractivity contribution in [3.8, 4) is 22.8 Å². The fraction of sp³-hybridized carbons (Fsp3) is 0.214. The van der Waals surface area contributed by atoms with Crippen molar-refractivity contribution < 1.29 is 19.7 Å². The van der Waals surface area contributed by atoms with Gasteiger partial charge in [-0.2, -0.15) is 0 Å². The van der Waals surface area contributed by atoms with Crippen LogP contribution in [0.2, 0.25) is 0 Å². The molecule has 1 heterocycles. The van der Waals surface area contributed by atoms with Crippen molar-refractivity contribution in [2.75, 3.05) is 12.8 Å². The van der Waals surface area contributed by atoms with E-state index in [0.29, 0.717) is 22.7 Å². The summed E-state index contributed by atoms with van der Waals surface area (Å²) < 4.78 is 6.68. The molecule has 0 aliphatic carbocycles. The van der Waals surface area contributed by atoms with Crippen LogP contribution in [0.25, 0.3) is 11.3 Å². The van der Waals surface area contributed by atoms with Crippen molar-refractivity contribution in [2.45, 2.75) is 6.92 Å². The summed E-state index contributed by atoms with van der Waals surface area (Å²) in [4.78, 5) is 11.2. The third-order valence-corrected chi connectivity index (χ3v) is 3.39. The number of carbonyl (C=O) groups is 1. The number of carboxylic acids is 1. The number of aromatic hydroxyl groups is 1. The van der Waals surface area contributed by atoms with Crippen molar-refractivity contribution in [1.82, 2.24) is 4.57 Å². The minimum atomic E-state index is -1.07. The molecule has 6 nitrogen and oxygen atoms in total. The summed E-state index contributed by atoms with van der Waals surface area (Å²) in [7, 11) is 3.19. The van der Waals surface area contributed by atoms with Crippen molar-refractivity contribution >= 4 is 11.7 Å². The number of aromatic carboxylic acids is 1. The molecule has 0 saturated heterocycles. The van der Waals surface area contributed by atoms with Crippen LogP contribution in [0.4, 0.5) is 5.69 Å². The highest BCUT2D eigenvalue weighted by Crippen LogP contribution is 2.37. The number of ether oxygens (including phenoxy) is 1. The maximum atomic E-state index is 11.2. The lowest BCUT2D eigenvalue weighted by atomic mass is 10.1. The molecule has 2 aromatic rings. The lowest BCUT2D eigenvalue weighted by Crippen LogP contribution is -2.01. The van der Waals surface area contributed by atoms with Crippen LogP contribution in [0.3, 0.4) is 0 Å². The van der Waals surface area contributed by atoms with E-state index in [-0.39, 0.29) is 17.0 Å². The fourth-order valence-electron chi connectivity index (χ4n) is 2.29. The Kier molecular flexibility index (Phi) is 3.31. The van der Waals surface area contributed by atoms with Gasteiger partial charge in [0.05, 0.1) is 18.5 Å². The number of hydrogen-bond acceptors (Lipinski definition) is 4. The summed E-state index contributed by atoms with van der Waals surface area (Å²) in [6.07, 6.45) is 0. The third kappa shape index (κ3) is 1.95. The summed E-state index contributed by atoms with van der Waals surface area (Å²) >= 11 is 0. The Morgan fingerprint density at radius 1 is 1.40 bits per heavy atom. The molecular formula is C14H16N2O4. The van der Waals surface area contributed by atoms with E-state index < -0.39 is 5.97 Å². The second-order valence-corrected chi connectivity index (χ2v) is 4.47. The highest BCUT2D eigenvalue weighted by atomic mass is 16.5. The molecule has 1 aromatic heterocycles. The number of nitrogen functional groups attached to an aromatic ring is 1. The van der Waals surface area contributed by atoms with Crippen LogP contribution < -0.4 is 10.5 Å². The van der Waals surface area contributed by atoms with E-state index in [9.17, 15) is 15.0 Å². The number of methoxy groups -OCH3 is 1. The Labute approximate surface area is 116 Å². The zero-order chi connectivity index (χ0) is 15.0. The molecule has 20 heavy (non-hydrogen) atoms. The zero-order valence-corrected chi connectivity index (χ0v) is 11.5. The average molecular weight is 276 g/mol. The average Bonchev–Trinajstić information content (AvgIpc) is 2.60. The number of phenols is 1. The fourth-order valence-corrected chi connectivity index (χ4v) is 2.29. The highest BCUT2D eigenvalue weighted by Gasteiger charge is 2.22. The highest BCUT2D eigenvalue weighted by molar-refractivity contribution is 6.00. The number of benzene rings is 1. The zero-order valence-electron chi connectivity index (χ0n) is 11.5. The Morgan fingerprint density at radius 2 is 2.05 bits per heavy atom. The third-order valence-electron chi connectivity index (χ3n) is 3.39. The molecule has 1 aromatic carbocycles. The Hall–Kier alpha value is -2.63. The molecule has 0 bridgehead atoms. The Balaban J connectivity index is 2.67. The minimum absolute atomic E-state index is 0.0277. The number of rotatable bonds is 3. The topological polar surface area (TPSA) is 97.7 Å². The summed E-state index contributed by atoms with van der Waals surface area (Å²) in [6, 6.07) is 4.82. The summed E-state index contributed by atoms with van der Waals surface area (Å²) in [5, 5.41) is 19.0. The van der Waals surface area contributed by atoms with Crippen molar-refractivity contribution in [3.63, 3.8) is 0 Å². The van der Waals surface area contributed by atoms with Gasteiger partial charge in [-0.15, -0.1) is 0 Å². The van der Waals surface area contributed by atoms with Gasteiger partial charge in [0.25, 0.3) is 0 Å². The van der Waals surface area contributed by atoms with Crippen LogP contribution in [-0.2, 0) is 7.05 Å². The number of aromatic nitrogens is 1. The molecule has 0 amide bonds. The summed E-state index contributed by atoms with van der Waals surface area (Å²) in [5.74, 6) is -0.753. The molecule has 0 radical (unpaired) electrons. The van der Waals surface area contributed by atoms with Gasteiger partial charge in [0.15, 0.2) is 11.5 Å². The van der Waals surface area contributed by atoms with E-state index in [2.05, 4.69) is 0 Å². The molecule has 0 aliphatic heterocycles. The first-order chi connectivity index (χ1) is 9.38. The molecule has 4 N–H and O–H groups in total. The molecule has 0 unspecified atom stereocenters. The van der Waals surface area contributed by atoms with Gasteiger partial charge in [0.2, 0.25) is 0 Å². The van der Waals surface area contributed by atoms with E-state index in [1.54, 1.807) is 30.7 Å². The predicted molar refractivity (Wildman–Crippen MR) is 75.2 cm³/mol. The van der Waals surface area contributed by atoms with Crippen molar-refractivity contribution in [2.24, 2.45) is 7.05 Å². The van der Waals surface area contributed by atoms with Gasteiger partial charge in [-0.25, -0.2) is 4.79 Å². The maximum Gasteiger partial charge on any atom is 0.339 e. The standard InChI is InChI=1S/C14H16N2O4/c1-7-11(14(18)19)12(15)13(16(7)2)8-4-5-10(20-3)9(17)6-8/h4-6,17H,15H2,1-3H3,(H,18,19). The van der Waals surface area contributed by atoms with E-state index >= 15 is 0 Å². The number of phenolic OH excluding ortho intramolecular Hbond substituents is 1. The number of hydrogen-bond donors (Lipinski definition) is 3. The summed E-state index contributed by atoms with van der Waals surface area (Å²) in [5.41, 5.74) is 7.94. The van der Waals surface area contributed by atoms with Gasteiger partial charge in [-0.05, 0) is 25.1 Å². The number of carboxylic acid groups (broad SMARTS) is 1. The Morgan fingerprint density at radius 3 is 2.50 bits per heavy atom. The second kappa shape index (κ2) is 4.80. The number of nitrogens with two attached hydrogens (primary N) is 1. The van der Waals surface area contributed by atoms with Gasteiger partial charge in [0, 0.05) is 18.3 Å². The van der Waals surface area contributed by atoms with E-state index in [1.807, 2.05) is 0 Å². The lowest BCUT2D eigenvalue weighted by Gasteiger charge is -2.09. The van der Waals surface area contributed by atoms with E-state index in [0.717, 1.165) is 0 Å². The Bertz CT molecular complexity index is 689. The molecule has 0 aliphatic rings. The molecule has 2 rings (SSSR count). The normalized spacial score (nSPS) is 10.6. The minimum Gasteiger partial charge on any atom is -0.504 e. The van der Waals surface area contributed by atoms with Crippen LogP contribution in [0.1, 0.15) is 16.1 Å². The maximum absolute atomic E-state index is 11.2. The van der Waals surface area contributed by atoms with Crippen LogP contribution in [0.5, 0.6) is 11.5 Å². The first-order valence-corrected chi connectivity index (χ1v) is 5.93. The van der Waals surface area contributed by atoms with Crippen LogP contribution in [-0.4, -0.2) is 27.9 Å². The van der Waals surface area contributed by atoms with E-state index in [1.165, 1.54) is 13.2 Å². The molecule has 106 valence electrons. The predicted octanol–water partition coefficient (Wildman–Crippen LogP) is 2.00. The van der Waals surface area contributed by atoms with Crippen molar-refractivity contribution in [1.29, 1.82) is 0 Å². The molecular weight excluding hydrogens is 260 g/mol. The first-order valence-electron chi connectivity index (χ1n) is 5.93. The summed E-state index contributed by atoms with van der Waals surface area (Å²) in [6.45, 7) is 1.69. The first kappa shape index (κ1) is 13.8. The smallest absolute Gasteiger partial charge is 0.339 e. The molecule has 0 fully saturated rings. The SMILES string of the molecule is COc1ccc(-c2c(N)c(C(=O)O)c(C)n2C)cc1O. The van der Waals surface area contributed by atoms with Crippen LogP contribution >= 0.6 is 0 Å². The van der Waals surface area contributed by atoms with Gasteiger partial charge in [-0.3, -0.25) is 0 Å². The number of anilines is 1. The van der Waals surface area contributed by atoms with Gasteiger partial charge >= 0.3 is 5.97 Å².